The fourth-order valence-electron chi connectivity index (χ4n) is 2.72. The highest BCUT2D eigenvalue weighted by atomic mass is 79.9. The average molecular weight is 365 g/mol. The Morgan fingerprint density at radius 3 is 2.77 bits per heavy atom. The molecule has 0 atom stereocenters. The van der Waals surface area contributed by atoms with E-state index in [2.05, 4.69) is 31.2 Å². The molecule has 116 valence electrons. The van der Waals surface area contributed by atoms with Gasteiger partial charge < -0.3 is 15.3 Å². The number of benzene rings is 1. The van der Waals surface area contributed by atoms with Crippen LogP contribution in [0.15, 0.2) is 22.7 Å². The van der Waals surface area contributed by atoms with E-state index in [4.69, 9.17) is 5.11 Å². The molecule has 0 saturated carbocycles. The standard InChI is InChI=1S/C15H17BrN4O2/c1-9-12-8-10(16)2-3-13(12)19-14(17-9)18-11-4-6-20(7-5-11)15(21)22/h2-3,8,11H,4-7H2,1H3,(H,21,22)(H,17,18,19). The van der Waals surface area contributed by atoms with Gasteiger partial charge in [0.05, 0.1) is 11.2 Å². The molecule has 1 aromatic carbocycles. The third kappa shape index (κ3) is 3.14. The van der Waals surface area contributed by atoms with Gasteiger partial charge in [-0.2, -0.15) is 0 Å². The highest BCUT2D eigenvalue weighted by molar-refractivity contribution is 9.10. The van der Waals surface area contributed by atoms with Gasteiger partial charge in [0.15, 0.2) is 0 Å². The van der Waals surface area contributed by atoms with E-state index in [0.717, 1.165) is 33.9 Å². The number of piperidine rings is 1. The van der Waals surface area contributed by atoms with Gasteiger partial charge in [-0.1, -0.05) is 15.9 Å². The molecule has 1 aromatic heterocycles. The Kier molecular flexibility index (Phi) is 4.15. The Morgan fingerprint density at radius 1 is 1.36 bits per heavy atom. The summed E-state index contributed by atoms with van der Waals surface area (Å²) in [6, 6.07) is 6.15. The van der Waals surface area contributed by atoms with Crippen LogP contribution in [0.1, 0.15) is 18.5 Å². The van der Waals surface area contributed by atoms with Crippen molar-refractivity contribution < 1.29 is 9.90 Å². The predicted octanol–water partition coefficient (Wildman–Crippen LogP) is 3.26. The van der Waals surface area contributed by atoms with Gasteiger partial charge in [0.25, 0.3) is 0 Å². The number of carboxylic acid groups (broad SMARTS) is 1. The molecule has 2 aromatic rings. The summed E-state index contributed by atoms with van der Waals surface area (Å²) < 4.78 is 1.01. The Morgan fingerprint density at radius 2 is 2.09 bits per heavy atom. The van der Waals surface area contributed by atoms with Crippen LogP contribution in [-0.4, -0.2) is 45.2 Å². The molecule has 0 unspecified atom stereocenters. The minimum Gasteiger partial charge on any atom is -0.465 e. The molecule has 2 heterocycles. The second kappa shape index (κ2) is 6.08. The lowest BCUT2D eigenvalue weighted by molar-refractivity contribution is 0.133. The number of aromatic nitrogens is 2. The largest absolute Gasteiger partial charge is 0.465 e. The van der Waals surface area contributed by atoms with Crippen molar-refractivity contribution in [3.63, 3.8) is 0 Å². The van der Waals surface area contributed by atoms with Gasteiger partial charge in [-0.3, -0.25) is 0 Å². The Balaban J connectivity index is 1.75. The van der Waals surface area contributed by atoms with Crippen molar-refractivity contribution in [2.45, 2.75) is 25.8 Å². The molecule has 22 heavy (non-hydrogen) atoms. The second-order valence-corrected chi connectivity index (χ2v) is 6.40. The van der Waals surface area contributed by atoms with E-state index < -0.39 is 6.09 Å². The monoisotopic (exact) mass is 364 g/mol. The van der Waals surface area contributed by atoms with Gasteiger partial charge in [0.1, 0.15) is 0 Å². The number of rotatable bonds is 2. The molecule has 6 nitrogen and oxygen atoms in total. The van der Waals surface area contributed by atoms with Crippen LogP contribution >= 0.6 is 15.9 Å². The molecule has 1 saturated heterocycles. The van der Waals surface area contributed by atoms with Crippen molar-refractivity contribution in [2.24, 2.45) is 0 Å². The van der Waals surface area contributed by atoms with Crippen molar-refractivity contribution in [1.82, 2.24) is 14.9 Å². The molecule has 0 aliphatic carbocycles. The third-order valence-corrected chi connectivity index (χ3v) is 4.44. The van der Waals surface area contributed by atoms with Gasteiger partial charge in [-0.15, -0.1) is 0 Å². The fraction of sp³-hybridized carbons (Fsp3) is 0.400. The van der Waals surface area contributed by atoms with Gasteiger partial charge in [0, 0.05) is 29.0 Å². The highest BCUT2D eigenvalue weighted by Gasteiger charge is 2.22. The number of likely N-dealkylation sites (tertiary alicyclic amines) is 1. The van der Waals surface area contributed by atoms with E-state index in [1.807, 2.05) is 25.1 Å². The predicted molar refractivity (Wildman–Crippen MR) is 88.2 cm³/mol. The van der Waals surface area contributed by atoms with Crippen molar-refractivity contribution in [3.05, 3.63) is 28.4 Å². The maximum Gasteiger partial charge on any atom is 0.407 e. The average Bonchev–Trinajstić information content (AvgIpc) is 2.49. The lowest BCUT2D eigenvalue weighted by atomic mass is 10.1. The van der Waals surface area contributed by atoms with Crippen molar-refractivity contribution in [2.75, 3.05) is 18.4 Å². The summed E-state index contributed by atoms with van der Waals surface area (Å²) >= 11 is 3.46. The van der Waals surface area contributed by atoms with Crippen LogP contribution in [0, 0.1) is 6.92 Å². The second-order valence-electron chi connectivity index (χ2n) is 5.48. The number of amides is 1. The maximum absolute atomic E-state index is 10.9. The molecule has 3 rings (SSSR count). The summed E-state index contributed by atoms with van der Waals surface area (Å²) in [6.45, 7) is 3.06. The zero-order valence-electron chi connectivity index (χ0n) is 12.2. The van der Waals surface area contributed by atoms with E-state index in [9.17, 15) is 4.79 Å². The number of anilines is 1. The van der Waals surface area contributed by atoms with Crippen LogP contribution in [0.4, 0.5) is 10.7 Å². The quantitative estimate of drug-likeness (QED) is 0.854. The zero-order valence-corrected chi connectivity index (χ0v) is 13.8. The van der Waals surface area contributed by atoms with Crippen LogP contribution < -0.4 is 5.32 Å². The van der Waals surface area contributed by atoms with Crippen molar-refractivity contribution >= 4 is 38.9 Å². The Bertz CT molecular complexity index is 714. The number of halogens is 1. The number of hydrogen-bond donors (Lipinski definition) is 2. The molecular weight excluding hydrogens is 348 g/mol. The molecule has 0 bridgehead atoms. The number of fused-ring (bicyclic) bond motifs is 1. The molecule has 2 N–H and O–H groups in total. The van der Waals surface area contributed by atoms with Crippen LogP contribution in [0.3, 0.4) is 0 Å². The van der Waals surface area contributed by atoms with Gasteiger partial charge in [-0.05, 0) is 38.0 Å². The van der Waals surface area contributed by atoms with E-state index >= 15 is 0 Å². The summed E-state index contributed by atoms with van der Waals surface area (Å²) in [6.07, 6.45) is 0.696. The third-order valence-electron chi connectivity index (χ3n) is 3.95. The fourth-order valence-corrected chi connectivity index (χ4v) is 3.08. The molecule has 1 aliphatic rings. The van der Waals surface area contributed by atoms with Gasteiger partial charge >= 0.3 is 6.09 Å². The van der Waals surface area contributed by atoms with Crippen LogP contribution in [-0.2, 0) is 0 Å². The molecule has 0 radical (unpaired) electrons. The normalized spacial score (nSPS) is 16.0. The van der Waals surface area contributed by atoms with Crippen LogP contribution in [0.2, 0.25) is 0 Å². The van der Waals surface area contributed by atoms with Gasteiger partial charge in [-0.25, -0.2) is 14.8 Å². The summed E-state index contributed by atoms with van der Waals surface area (Å²) in [5.74, 6) is 0.612. The highest BCUT2D eigenvalue weighted by Crippen LogP contribution is 2.23. The molecule has 7 heteroatoms. The summed E-state index contributed by atoms with van der Waals surface area (Å²) in [4.78, 5) is 21.4. The number of aryl methyl sites for hydroxylation is 1. The SMILES string of the molecule is Cc1nc(NC2CCN(C(=O)O)CC2)nc2ccc(Br)cc12. The Hall–Kier alpha value is -1.89. The van der Waals surface area contributed by atoms with Crippen LogP contribution in [0.25, 0.3) is 10.9 Å². The van der Waals surface area contributed by atoms with Crippen molar-refractivity contribution in [1.29, 1.82) is 0 Å². The molecule has 1 aliphatic heterocycles. The van der Waals surface area contributed by atoms with Gasteiger partial charge in [0.2, 0.25) is 5.95 Å². The maximum atomic E-state index is 10.9. The minimum atomic E-state index is -0.846. The van der Waals surface area contributed by atoms with E-state index in [0.29, 0.717) is 19.0 Å². The molecule has 1 amide bonds. The topological polar surface area (TPSA) is 78.4 Å². The molecule has 1 fully saturated rings. The first-order chi connectivity index (χ1) is 10.5. The Labute approximate surface area is 136 Å². The summed E-state index contributed by atoms with van der Waals surface area (Å²) in [5, 5.41) is 13.3. The lowest BCUT2D eigenvalue weighted by Crippen LogP contribution is -2.41. The summed E-state index contributed by atoms with van der Waals surface area (Å²) in [5.41, 5.74) is 1.83. The van der Waals surface area contributed by atoms with E-state index in [1.165, 1.54) is 4.90 Å². The number of hydrogen-bond acceptors (Lipinski definition) is 4. The number of carbonyl (C=O) groups is 1. The smallest absolute Gasteiger partial charge is 0.407 e. The first-order valence-corrected chi connectivity index (χ1v) is 8.00. The van der Waals surface area contributed by atoms with Crippen molar-refractivity contribution in [3.8, 4) is 0 Å². The summed E-state index contributed by atoms with van der Waals surface area (Å²) in [7, 11) is 0. The van der Waals surface area contributed by atoms with E-state index in [1.54, 1.807) is 0 Å². The zero-order chi connectivity index (χ0) is 15.7. The first kappa shape index (κ1) is 15.0. The molecule has 0 spiro atoms. The lowest BCUT2D eigenvalue weighted by Gasteiger charge is -2.30. The van der Waals surface area contributed by atoms with Crippen LogP contribution in [0.5, 0.6) is 0 Å². The minimum absolute atomic E-state index is 0.211. The van der Waals surface area contributed by atoms with E-state index in [-0.39, 0.29) is 6.04 Å². The molecular formula is C15H17BrN4O2. The number of nitrogens with one attached hydrogen (secondary N) is 1. The first-order valence-electron chi connectivity index (χ1n) is 7.21. The number of nitrogens with zero attached hydrogens (tertiary/aromatic N) is 3.